The fraction of sp³-hybridized carbons (Fsp3) is 0.750. The summed E-state index contributed by atoms with van der Waals surface area (Å²) >= 11 is 10.5. The molecule has 0 rings (SSSR count). The molecule has 0 bridgehead atoms. The molecule has 0 spiro atoms. The molecular formula is C4H6Cl2O. The first-order chi connectivity index (χ1) is 3.18. The van der Waals surface area contributed by atoms with Gasteiger partial charge in [-0.25, -0.2) is 0 Å². The minimum Gasteiger partial charge on any atom is -0.298 e. The van der Waals surface area contributed by atoms with Crippen LogP contribution in [0.25, 0.3) is 0 Å². The smallest absolute Gasteiger partial charge is 0.148 e. The van der Waals surface area contributed by atoms with Gasteiger partial charge < -0.3 is 0 Å². The first kappa shape index (κ1) is 7.25. The average Bonchev–Trinajstić information content (AvgIpc) is 1.65. The van der Waals surface area contributed by atoms with Crippen LogP contribution in [0, 0.1) is 0 Å². The number of rotatable bonds is 2. The summed E-state index contributed by atoms with van der Waals surface area (Å²) in [6.45, 7) is 1.42. The Kier molecular flexibility index (Phi) is 3.39. The Morgan fingerprint density at radius 3 is 2.29 bits per heavy atom. The molecule has 3 heteroatoms. The lowest BCUT2D eigenvalue weighted by molar-refractivity contribution is -0.116. The molecule has 0 saturated carbocycles. The maximum absolute atomic E-state index is 10.2. The highest BCUT2D eigenvalue weighted by atomic mass is 35.5. The molecule has 0 aromatic carbocycles. The largest absolute Gasteiger partial charge is 0.298 e. The number of carbonyl (C=O) groups excluding carboxylic acids is 1. The maximum Gasteiger partial charge on any atom is 0.148 e. The molecule has 1 unspecified atom stereocenters. The number of hydrogen-bond donors (Lipinski definition) is 0. The third-order valence-corrected chi connectivity index (χ3v) is 1.50. The van der Waals surface area contributed by atoms with Gasteiger partial charge in [0.05, 0.1) is 0 Å². The number of Topliss-reactive ketones (excluding diaryl/α,β-unsaturated/α-hetero) is 1. The Labute approximate surface area is 52.6 Å². The molecule has 0 N–H and O–H groups in total. The summed E-state index contributed by atoms with van der Waals surface area (Å²) in [6, 6.07) is 0. The molecule has 1 atom stereocenters. The zero-order chi connectivity index (χ0) is 5.86. The third kappa shape index (κ3) is 2.89. The average molecular weight is 141 g/mol. The quantitative estimate of drug-likeness (QED) is 0.531. The molecule has 0 saturated heterocycles. The lowest BCUT2D eigenvalue weighted by Crippen LogP contribution is -2.10. The van der Waals surface area contributed by atoms with Gasteiger partial charge in [-0.15, -0.1) is 23.2 Å². The molecule has 0 fully saturated rings. The van der Waals surface area contributed by atoms with E-state index in [9.17, 15) is 4.79 Å². The fourth-order valence-electron chi connectivity index (χ4n) is 0.109. The Morgan fingerprint density at radius 2 is 2.29 bits per heavy atom. The van der Waals surface area contributed by atoms with Crippen molar-refractivity contribution in [2.24, 2.45) is 0 Å². The first-order valence-corrected chi connectivity index (χ1v) is 2.86. The van der Waals surface area contributed by atoms with Gasteiger partial charge in [-0.05, 0) is 6.92 Å². The van der Waals surface area contributed by atoms with Gasteiger partial charge in [-0.3, -0.25) is 4.79 Å². The van der Waals surface area contributed by atoms with Gasteiger partial charge in [0.2, 0.25) is 0 Å². The van der Waals surface area contributed by atoms with Crippen LogP contribution in [-0.2, 0) is 4.79 Å². The maximum atomic E-state index is 10.2. The molecule has 0 amide bonds. The zero-order valence-electron chi connectivity index (χ0n) is 3.95. The van der Waals surface area contributed by atoms with E-state index in [1.165, 1.54) is 6.92 Å². The standard InChI is InChI=1S/C4H6Cl2O/c1-3(7)4(6)2-5/h4H,2H2,1H3. The molecule has 7 heavy (non-hydrogen) atoms. The topological polar surface area (TPSA) is 17.1 Å². The van der Waals surface area contributed by atoms with Crippen molar-refractivity contribution < 1.29 is 4.79 Å². The molecule has 0 radical (unpaired) electrons. The highest BCUT2D eigenvalue weighted by Gasteiger charge is 2.05. The van der Waals surface area contributed by atoms with E-state index < -0.39 is 5.38 Å². The summed E-state index contributed by atoms with van der Waals surface area (Å²) in [6.07, 6.45) is 0. The van der Waals surface area contributed by atoms with Gasteiger partial charge in [-0.2, -0.15) is 0 Å². The van der Waals surface area contributed by atoms with E-state index in [2.05, 4.69) is 0 Å². The van der Waals surface area contributed by atoms with Crippen molar-refractivity contribution in [3.63, 3.8) is 0 Å². The number of ketones is 1. The van der Waals surface area contributed by atoms with Crippen molar-refractivity contribution in [3.8, 4) is 0 Å². The van der Waals surface area contributed by atoms with Gasteiger partial charge in [0.1, 0.15) is 11.2 Å². The second-order valence-corrected chi connectivity index (χ2v) is 2.07. The van der Waals surface area contributed by atoms with E-state index in [0.29, 0.717) is 0 Å². The molecule has 0 aliphatic carbocycles. The van der Waals surface area contributed by atoms with Crippen molar-refractivity contribution in [1.29, 1.82) is 0 Å². The van der Waals surface area contributed by atoms with Crippen LogP contribution < -0.4 is 0 Å². The molecule has 0 heterocycles. The minimum atomic E-state index is -0.498. The van der Waals surface area contributed by atoms with Crippen molar-refractivity contribution in [1.82, 2.24) is 0 Å². The number of carbonyl (C=O) groups is 1. The Morgan fingerprint density at radius 1 is 1.86 bits per heavy atom. The van der Waals surface area contributed by atoms with Crippen molar-refractivity contribution in [2.75, 3.05) is 5.88 Å². The Balaban J connectivity index is 3.34. The second kappa shape index (κ2) is 3.28. The summed E-state index contributed by atoms with van der Waals surface area (Å²) in [5.74, 6) is 0.133. The van der Waals surface area contributed by atoms with Crippen molar-refractivity contribution in [2.45, 2.75) is 12.3 Å². The van der Waals surface area contributed by atoms with Crippen LogP contribution in [0.5, 0.6) is 0 Å². The van der Waals surface area contributed by atoms with E-state index in [1.54, 1.807) is 0 Å². The monoisotopic (exact) mass is 140 g/mol. The molecule has 0 aliphatic rings. The van der Waals surface area contributed by atoms with Gasteiger partial charge in [0.15, 0.2) is 0 Å². The SMILES string of the molecule is CC(=O)C(Cl)CCl. The van der Waals surface area contributed by atoms with Gasteiger partial charge >= 0.3 is 0 Å². The molecular weight excluding hydrogens is 135 g/mol. The number of alkyl halides is 2. The zero-order valence-corrected chi connectivity index (χ0v) is 5.46. The lowest BCUT2D eigenvalue weighted by atomic mass is 10.3. The summed E-state index contributed by atoms with van der Waals surface area (Å²) in [5.41, 5.74) is 0. The van der Waals surface area contributed by atoms with Gasteiger partial charge in [-0.1, -0.05) is 0 Å². The fourth-order valence-corrected chi connectivity index (χ4v) is 0.326. The van der Waals surface area contributed by atoms with E-state index in [0.717, 1.165) is 0 Å². The summed E-state index contributed by atoms with van der Waals surface area (Å²) in [5, 5.41) is -0.498. The lowest BCUT2D eigenvalue weighted by Gasteiger charge is -1.93. The summed E-state index contributed by atoms with van der Waals surface area (Å²) in [7, 11) is 0. The molecule has 1 nitrogen and oxygen atoms in total. The highest BCUT2D eigenvalue weighted by molar-refractivity contribution is 6.36. The van der Waals surface area contributed by atoms with Crippen molar-refractivity contribution in [3.05, 3.63) is 0 Å². The van der Waals surface area contributed by atoms with E-state index in [4.69, 9.17) is 23.2 Å². The predicted molar refractivity (Wildman–Crippen MR) is 31.0 cm³/mol. The van der Waals surface area contributed by atoms with Crippen molar-refractivity contribution >= 4 is 29.0 Å². The van der Waals surface area contributed by atoms with Crippen LogP contribution in [0.2, 0.25) is 0 Å². The van der Waals surface area contributed by atoms with Crippen LogP contribution >= 0.6 is 23.2 Å². The Bertz CT molecular complexity index is 72.1. The molecule has 42 valence electrons. The Hall–Kier alpha value is 0.250. The molecule has 0 aromatic heterocycles. The van der Waals surface area contributed by atoms with Crippen LogP contribution in [0.1, 0.15) is 6.92 Å². The van der Waals surface area contributed by atoms with Gasteiger partial charge in [0.25, 0.3) is 0 Å². The van der Waals surface area contributed by atoms with E-state index in [1.807, 2.05) is 0 Å². The third-order valence-electron chi connectivity index (χ3n) is 0.577. The number of halogens is 2. The predicted octanol–water partition coefficient (Wildman–Crippen LogP) is 1.42. The normalized spacial score (nSPS) is 13.6. The first-order valence-electron chi connectivity index (χ1n) is 1.89. The number of hydrogen-bond acceptors (Lipinski definition) is 1. The van der Waals surface area contributed by atoms with Crippen LogP contribution in [0.4, 0.5) is 0 Å². The minimum absolute atomic E-state index is 0.0725. The molecule has 0 aliphatic heterocycles. The highest BCUT2D eigenvalue weighted by Crippen LogP contribution is 1.98. The summed E-state index contributed by atoms with van der Waals surface area (Å²) < 4.78 is 0. The second-order valence-electron chi connectivity index (χ2n) is 1.23. The van der Waals surface area contributed by atoms with Crippen LogP contribution in [-0.4, -0.2) is 17.0 Å². The van der Waals surface area contributed by atoms with Crippen LogP contribution in [0.3, 0.4) is 0 Å². The molecule has 0 aromatic rings. The van der Waals surface area contributed by atoms with E-state index >= 15 is 0 Å². The van der Waals surface area contributed by atoms with Crippen LogP contribution in [0.15, 0.2) is 0 Å². The van der Waals surface area contributed by atoms with E-state index in [-0.39, 0.29) is 11.7 Å². The summed E-state index contributed by atoms with van der Waals surface area (Å²) in [4.78, 5) is 10.2. The van der Waals surface area contributed by atoms with Gasteiger partial charge in [0, 0.05) is 5.88 Å².